The number of nitrogens with zero attached hydrogens (tertiary/aromatic N) is 1. The lowest BCUT2D eigenvalue weighted by Crippen LogP contribution is -2.12. The summed E-state index contributed by atoms with van der Waals surface area (Å²) in [5.74, 6) is 1.32. The van der Waals surface area contributed by atoms with Crippen LogP contribution in [0.25, 0.3) is 0 Å². The highest BCUT2D eigenvalue weighted by atomic mass is 35.5. The maximum absolute atomic E-state index is 6.09. The molecule has 0 radical (unpaired) electrons. The number of nitrogens with one attached hydrogen (secondary N) is 1. The molecule has 6 heteroatoms. The topological polar surface area (TPSA) is 56.5 Å². The third-order valence-electron chi connectivity index (χ3n) is 2.61. The largest absolute Gasteiger partial charge is 0.454 e. The van der Waals surface area contributed by atoms with E-state index in [-0.39, 0.29) is 6.79 Å². The van der Waals surface area contributed by atoms with Crippen molar-refractivity contribution in [1.29, 1.82) is 0 Å². The maximum Gasteiger partial charge on any atom is 0.231 e. The number of benzene rings is 1. The second-order valence-electron chi connectivity index (χ2n) is 3.91. The Balaban J connectivity index is 1.65. The molecule has 1 aromatic carbocycles. The van der Waals surface area contributed by atoms with Gasteiger partial charge >= 0.3 is 0 Å². The van der Waals surface area contributed by atoms with E-state index in [1.165, 1.54) is 0 Å². The van der Waals surface area contributed by atoms with E-state index in [4.69, 9.17) is 25.6 Å². The van der Waals surface area contributed by atoms with Crippen LogP contribution in [0.2, 0.25) is 5.02 Å². The van der Waals surface area contributed by atoms with Crippen molar-refractivity contribution in [2.24, 2.45) is 0 Å². The quantitative estimate of drug-likeness (QED) is 0.921. The SMILES string of the molecule is Clc1cc(CNCc2ccon2)cc2c1OCO2. The van der Waals surface area contributed by atoms with Gasteiger partial charge in [-0.15, -0.1) is 0 Å². The number of hydrogen-bond donors (Lipinski definition) is 1. The minimum absolute atomic E-state index is 0.227. The molecule has 94 valence electrons. The summed E-state index contributed by atoms with van der Waals surface area (Å²) in [6.07, 6.45) is 1.55. The average molecular weight is 267 g/mol. The second-order valence-corrected chi connectivity index (χ2v) is 4.31. The maximum atomic E-state index is 6.09. The van der Waals surface area contributed by atoms with E-state index in [1.54, 1.807) is 6.26 Å². The second kappa shape index (κ2) is 4.88. The Morgan fingerprint density at radius 3 is 3.06 bits per heavy atom. The summed E-state index contributed by atoms with van der Waals surface area (Å²) < 4.78 is 15.3. The zero-order valence-corrected chi connectivity index (χ0v) is 10.2. The highest BCUT2D eigenvalue weighted by molar-refractivity contribution is 6.32. The first-order valence-electron chi connectivity index (χ1n) is 5.51. The van der Waals surface area contributed by atoms with Gasteiger partial charge in [-0.1, -0.05) is 16.8 Å². The van der Waals surface area contributed by atoms with Gasteiger partial charge in [-0.3, -0.25) is 0 Å². The summed E-state index contributed by atoms with van der Waals surface area (Å²) in [6.45, 7) is 1.54. The normalized spacial score (nSPS) is 12.9. The fourth-order valence-corrected chi connectivity index (χ4v) is 2.07. The van der Waals surface area contributed by atoms with Crippen LogP contribution in [0, 0.1) is 0 Å². The number of rotatable bonds is 4. The Bertz CT molecular complexity index is 543. The molecule has 0 bridgehead atoms. The van der Waals surface area contributed by atoms with E-state index in [0.717, 1.165) is 11.3 Å². The van der Waals surface area contributed by atoms with E-state index in [2.05, 4.69) is 10.5 Å². The highest BCUT2D eigenvalue weighted by Crippen LogP contribution is 2.39. The predicted octanol–water partition coefficient (Wildman–Crippen LogP) is 2.35. The fourth-order valence-electron chi connectivity index (χ4n) is 1.79. The number of ether oxygens (including phenoxy) is 2. The van der Waals surface area contributed by atoms with Crippen molar-refractivity contribution in [2.45, 2.75) is 13.1 Å². The van der Waals surface area contributed by atoms with Crippen molar-refractivity contribution in [3.63, 3.8) is 0 Å². The van der Waals surface area contributed by atoms with E-state index in [0.29, 0.717) is 29.6 Å². The lowest BCUT2D eigenvalue weighted by atomic mass is 10.2. The molecule has 0 aliphatic carbocycles. The van der Waals surface area contributed by atoms with Crippen molar-refractivity contribution >= 4 is 11.6 Å². The third kappa shape index (κ3) is 2.27. The van der Waals surface area contributed by atoms with Crippen LogP contribution >= 0.6 is 11.6 Å². The van der Waals surface area contributed by atoms with Crippen molar-refractivity contribution in [1.82, 2.24) is 10.5 Å². The molecule has 0 fully saturated rings. The van der Waals surface area contributed by atoms with Crippen LogP contribution in [0.3, 0.4) is 0 Å². The van der Waals surface area contributed by atoms with Gasteiger partial charge < -0.3 is 19.3 Å². The zero-order valence-electron chi connectivity index (χ0n) is 9.48. The van der Waals surface area contributed by atoms with Gasteiger partial charge in [0.05, 0.1) is 10.7 Å². The van der Waals surface area contributed by atoms with Gasteiger partial charge in [0.25, 0.3) is 0 Å². The van der Waals surface area contributed by atoms with E-state index < -0.39 is 0 Å². The molecule has 0 spiro atoms. The van der Waals surface area contributed by atoms with E-state index >= 15 is 0 Å². The van der Waals surface area contributed by atoms with Gasteiger partial charge in [-0.05, 0) is 17.7 Å². The Hall–Kier alpha value is -1.72. The molecule has 3 rings (SSSR count). The molecule has 2 heterocycles. The van der Waals surface area contributed by atoms with Gasteiger partial charge in [0.1, 0.15) is 6.26 Å². The van der Waals surface area contributed by atoms with Gasteiger partial charge in [0.15, 0.2) is 11.5 Å². The van der Waals surface area contributed by atoms with Gasteiger partial charge in [-0.2, -0.15) is 0 Å². The molecule has 0 amide bonds. The lowest BCUT2D eigenvalue weighted by molar-refractivity contribution is 0.174. The summed E-state index contributed by atoms with van der Waals surface area (Å²) >= 11 is 6.09. The number of hydrogen-bond acceptors (Lipinski definition) is 5. The molecule has 0 unspecified atom stereocenters. The molecular formula is C12H11ClN2O3. The summed E-state index contributed by atoms with van der Waals surface area (Å²) in [6, 6.07) is 5.61. The molecule has 0 saturated carbocycles. The molecule has 5 nitrogen and oxygen atoms in total. The first-order valence-corrected chi connectivity index (χ1v) is 5.89. The summed E-state index contributed by atoms with van der Waals surface area (Å²) in [7, 11) is 0. The van der Waals surface area contributed by atoms with Crippen LogP contribution in [0.15, 0.2) is 29.0 Å². The zero-order chi connectivity index (χ0) is 12.4. The highest BCUT2D eigenvalue weighted by Gasteiger charge is 2.17. The monoisotopic (exact) mass is 266 g/mol. The minimum Gasteiger partial charge on any atom is -0.454 e. The molecule has 18 heavy (non-hydrogen) atoms. The summed E-state index contributed by atoms with van der Waals surface area (Å²) in [5.41, 5.74) is 1.90. The van der Waals surface area contributed by atoms with Crippen molar-refractivity contribution in [2.75, 3.05) is 6.79 Å². The van der Waals surface area contributed by atoms with Crippen LogP contribution < -0.4 is 14.8 Å². The summed E-state index contributed by atoms with van der Waals surface area (Å²) in [5, 5.41) is 7.63. The van der Waals surface area contributed by atoms with Gasteiger partial charge in [-0.25, -0.2) is 0 Å². The standard InChI is InChI=1S/C12H11ClN2O3/c13-10-3-8(4-11-12(10)17-7-16-11)5-14-6-9-1-2-18-15-9/h1-4,14H,5-7H2. The molecule has 1 aromatic heterocycles. The first kappa shape index (κ1) is 11.4. The molecule has 1 aliphatic heterocycles. The van der Waals surface area contributed by atoms with Gasteiger partial charge in [0, 0.05) is 19.2 Å². The molecule has 0 atom stereocenters. The molecule has 2 aromatic rings. The molecule has 1 aliphatic rings. The van der Waals surface area contributed by atoms with E-state index in [9.17, 15) is 0 Å². The molecular weight excluding hydrogens is 256 g/mol. The number of halogens is 1. The molecule has 1 N–H and O–H groups in total. The third-order valence-corrected chi connectivity index (χ3v) is 2.89. The van der Waals surface area contributed by atoms with Gasteiger partial charge in [0.2, 0.25) is 6.79 Å². The first-order chi connectivity index (χ1) is 8.83. The smallest absolute Gasteiger partial charge is 0.231 e. The van der Waals surface area contributed by atoms with Crippen LogP contribution in [0.4, 0.5) is 0 Å². The molecule has 0 saturated heterocycles. The van der Waals surface area contributed by atoms with Crippen LogP contribution in [0.1, 0.15) is 11.3 Å². The van der Waals surface area contributed by atoms with Crippen molar-refractivity contribution < 1.29 is 14.0 Å². The summed E-state index contributed by atoms with van der Waals surface area (Å²) in [4.78, 5) is 0. The Kier molecular flexibility index (Phi) is 3.08. The fraction of sp³-hybridized carbons (Fsp3) is 0.250. The lowest BCUT2D eigenvalue weighted by Gasteiger charge is -2.05. The van der Waals surface area contributed by atoms with Crippen LogP contribution in [0.5, 0.6) is 11.5 Å². The van der Waals surface area contributed by atoms with Crippen LogP contribution in [-0.2, 0) is 13.1 Å². The average Bonchev–Trinajstić information content (AvgIpc) is 2.99. The van der Waals surface area contributed by atoms with Crippen LogP contribution in [-0.4, -0.2) is 11.9 Å². The Morgan fingerprint density at radius 1 is 1.28 bits per heavy atom. The Labute approximate surface area is 109 Å². The van der Waals surface area contributed by atoms with Crippen molar-refractivity contribution in [3.8, 4) is 11.5 Å². The van der Waals surface area contributed by atoms with E-state index in [1.807, 2.05) is 18.2 Å². The predicted molar refractivity (Wildman–Crippen MR) is 64.6 cm³/mol. The minimum atomic E-state index is 0.227. The number of aromatic nitrogens is 1. The van der Waals surface area contributed by atoms with Crippen molar-refractivity contribution in [3.05, 3.63) is 40.7 Å². The Morgan fingerprint density at radius 2 is 2.22 bits per heavy atom. The number of fused-ring (bicyclic) bond motifs is 1.